The lowest BCUT2D eigenvalue weighted by Gasteiger charge is -2.35. The lowest BCUT2D eigenvalue weighted by atomic mass is 10.2. The first-order valence-electron chi connectivity index (χ1n) is 9.06. The SMILES string of the molecule is O=C(c1cnc(OC2CCOC2)c(Cl)c1)N1CCN(c2ccccn2)CC1. The molecule has 7 nitrogen and oxygen atoms in total. The molecule has 2 aromatic rings. The van der Waals surface area contributed by atoms with E-state index < -0.39 is 0 Å². The molecule has 27 heavy (non-hydrogen) atoms. The van der Waals surface area contributed by atoms with Crippen molar-refractivity contribution < 1.29 is 14.3 Å². The summed E-state index contributed by atoms with van der Waals surface area (Å²) in [5.74, 6) is 1.22. The highest BCUT2D eigenvalue weighted by Crippen LogP contribution is 2.26. The van der Waals surface area contributed by atoms with Crippen LogP contribution < -0.4 is 9.64 Å². The highest BCUT2D eigenvalue weighted by molar-refractivity contribution is 6.32. The van der Waals surface area contributed by atoms with Crippen molar-refractivity contribution in [1.82, 2.24) is 14.9 Å². The molecule has 1 unspecified atom stereocenters. The van der Waals surface area contributed by atoms with Gasteiger partial charge in [0.25, 0.3) is 5.91 Å². The number of carbonyl (C=O) groups is 1. The molecule has 2 saturated heterocycles. The van der Waals surface area contributed by atoms with Crippen LogP contribution in [0.1, 0.15) is 16.8 Å². The van der Waals surface area contributed by atoms with Crippen LogP contribution in [-0.2, 0) is 4.74 Å². The van der Waals surface area contributed by atoms with E-state index in [9.17, 15) is 4.79 Å². The summed E-state index contributed by atoms with van der Waals surface area (Å²) in [5.41, 5.74) is 0.473. The number of hydrogen-bond acceptors (Lipinski definition) is 6. The molecule has 2 aromatic heterocycles. The first-order valence-corrected chi connectivity index (χ1v) is 9.44. The Morgan fingerprint density at radius 1 is 1.22 bits per heavy atom. The number of nitrogens with zero attached hydrogens (tertiary/aromatic N) is 4. The van der Waals surface area contributed by atoms with E-state index in [-0.39, 0.29) is 12.0 Å². The molecule has 0 radical (unpaired) electrons. The van der Waals surface area contributed by atoms with Gasteiger partial charge in [0.15, 0.2) is 0 Å². The smallest absolute Gasteiger partial charge is 0.255 e. The van der Waals surface area contributed by atoms with Crippen LogP contribution >= 0.6 is 11.6 Å². The van der Waals surface area contributed by atoms with Crippen molar-refractivity contribution in [2.24, 2.45) is 0 Å². The molecule has 0 aromatic carbocycles. The Morgan fingerprint density at radius 3 is 2.74 bits per heavy atom. The van der Waals surface area contributed by atoms with Gasteiger partial charge in [-0.2, -0.15) is 0 Å². The Bertz CT molecular complexity index is 791. The van der Waals surface area contributed by atoms with Gasteiger partial charge < -0.3 is 19.3 Å². The molecular weight excluding hydrogens is 368 g/mol. The summed E-state index contributed by atoms with van der Waals surface area (Å²) >= 11 is 6.28. The Kier molecular flexibility index (Phi) is 5.40. The largest absolute Gasteiger partial charge is 0.471 e. The van der Waals surface area contributed by atoms with E-state index in [1.807, 2.05) is 23.1 Å². The molecule has 142 valence electrons. The highest BCUT2D eigenvalue weighted by Gasteiger charge is 2.24. The number of hydrogen-bond donors (Lipinski definition) is 0. The van der Waals surface area contributed by atoms with E-state index in [4.69, 9.17) is 21.1 Å². The first-order chi connectivity index (χ1) is 13.2. The summed E-state index contributed by atoms with van der Waals surface area (Å²) in [6, 6.07) is 7.48. The van der Waals surface area contributed by atoms with Gasteiger partial charge in [-0.05, 0) is 18.2 Å². The van der Waals surface area contributed by atoms with Gasteiger partial charge in [-0.1, -0.05) is 17.7 Å². The Balaban J connectivity index is 1.37. The third-order valence-electron chi connectivity index (χ3n) is 4.76. The Morgan fingerprint density at radius 2 is 2.07 bits per heavy atom. The average Bonchev–Trinajstić information content (AvgIpc) is 3.23. The second kappa shape index (κ2) is 8.10. The second-order valence-corrected chi connectivity index (χ2v) is 6.99. The number of piperazine rings is 1. The summed E-state index contributed by atoms with van der Waals surface area (Å²) in [5, 5.41) is 0.347. The molecule has 0 saturated carbocycles. The van der Waals surface area contributed by atoms with Crippen molar-refractivity contribution in [2.75, 3.05) is 44.3 Å². The van der Waals surface area contributed by atoms with E-state index in [2.05, 4.69) is 14.9 Å². The molecular formula is C19H21ClN4O3. The molecule has 1 atom stereocenters. The van der Waals surface area contributed by atoms with E-state index in [1.54, 1.807) is 12.3 Å². The fraction of sp³-hybridized carbons (Fsp3) is 0.421. The molecule has 0 bridgehead atoms. The van der Waals surface area contributed by atoms with E-state index in [0.717, 1.165) is 25.3 Å². The number of ether oxygens (including phenoxy) is 2. The summed E-state index contributed by atoms with van der Waals surface area (Å²) in [4.78, 5) is 25.4. The van der Waals surface area contributed by atoms with Crippen LogP contribution in [0.5, 0.6) is 5.88 Å². The zero-order valence-corrected chi connectivity index (χ0v) is 15.6. The molecule has 4 rings (SSSR count). The van der Waals surface area contributed by atoms with Crippen LogP contribution in [0, 0.1) is 0 Å². The molecule has 4 heterocycles. The molecule has 8 heteroatoms. The Hall–Kier alpha value is -2.38. The number of carbonyl (C=O) groups excluding carboxylic acids is 1. The monoisotopic (exact) mass is 388 g/mol. The van der Waals surface area contributed by atoms with Crippen molar-refractivity contribution in [3.05, 3.63) is 47.2 Å². The number of amides is 1. The van der Waals surface area contributed by atoms with Gasteiger partial charge in [0.05, 0.1) is 18.8 Å². The minimum Gasteiger partial charge on any atom is -0.471 e. The predicted molar refractivity (Wildman–Crippen MR) is 101 cm³/mol. The van der Waals surface area contributed by atoms with Crippen LogP contribution in [0.4, 0.5) is 5.82 Å². The number of rotatable bonds is 4. The maximum Gasteiger partial charge on any atom is 0.255 e. The molecule has 1 amide bonds. The number of anilines is 1. The summed E-state index contributed by atoms with van der Waals surface area (Å²) in [7, 11) is 0. The number of halogens is 1. The van der Waals surface area contributed by atoms with E-state index >= 15 is 0 Å². The minimum absolute atomic E-state index is 0.0313. The van der Waals surface area contributed by atoms with Crippen LogP contribution in [0.3, 0.4) is 0 Å². The van der Waals surface area contributed by atoms with Gasteiger partial charge in [0.1, 0.15) is 16.9 Å². The zero-order valence-electron chi connectivity index (χ0n) is 14.9. The maximum atomic E-state index is 12.8. The Labute approximate surface area is 162 Å². The van der Waals surface area contributed by atoms with Gasteiger partial charge in [-0.25, -0.2) is 9.97 Å². The topological polar surface area (TPSA) is 67.8 Å². The van der Waals surface area contributed by atoms with Crippen LogP contribution in [0.2, 0.25) is 5.02 Å². The van der Waals surface area contributed by atoms with Gasteiger partial charge in [0.2, 0.25) is 5.88 Å². The summed E-state index contributed by atoms with van der Waals surface area (Å²) in [6.45, 7) is 3.97. The quantitative estimate of drug-likeness (QED) is 0.800. The lowest BCUT2D eigenvalue weighted by molar-refractivity contribution is 0.0746. The number of pyridine rings is 2. The predicted octanol–water partition coefficient (Wildman–Crippen LogP) is 2.26. The molecule has 2 aliphatic heterocycles. The van der Waals surface area contributed by atoms with Gasteiger partial charge in [-0.3, -0.25) is 4.79 Å². The second-order valence-electron chi connectivity index (χ2n) is 6.58. The third kappa shape index (κ3) is 4.14. The fourth-order valence-electron chi connectivity index (χ4n) is 3.25. The van der Waals surface area contributed by atoms with Crippen molar-refractivity contribution in [2.45, 2.75) is 12.5 Å². The summed E-state index contributed by atoms with van der Waals surface area (Å²) < 4.78 is 11.0. The maximum absolute atomic E-state index is 12.8. The van der Waals surface area contributed by atoms with Gasteiger partial charge in [0, 0.05) is 45.0 Å². The average molecular weight is 389 g/mol. The lowest BCUT2D eigenvalue weighted by Crippen LogP contribution is -2.49. The summed E-state index contributed by atoms with van der Waals surface area (Å²) in [6.07, 6.45) is 4.10. The van der Waals surface area contributed by atoms with Gasteiger partial charge in [-0.15, -0.1) is 0 Å². The molecule has 2 aliphatic rings. The molecule has 0 N–H and O–H groups in total. The normalized spacial score (nSPS) is 20.0. The fourth-order valence-corrected chi connectivity index (χ4v) is 3.47. The zero-order chi connectivity index (χ0) is 18.6. The standard InChI is InChI=1S/C19H21ClN4O3/c20-16-11-14(12-22-18(16)27-15-4-10-26-13-15)19(25)24-8-6-23(7-9-24)17-3-1-2-5-21-17/h1-3,5,11-12,15H,4,6-10,13H2. The molecule has 0 spiro atoms. The van der Waals surface area contributed by atoms with E-state index in [0.29, 0.717) is 42.8 Å². The minimum atomic E-state index is -0.0687. The highest BCUT2D eigenvalue weighted by atomic mass is 35.5. The third-order valence-corrected chi connectivity index (χ3v) is 5.03. The van der Waals surface area contributed by atoms with Crippen molar-refractivity contribution in [3.8, 4) is 5.88 Å². The molecule has 2 fully saturated rings. The first kappa shape index (κ1) is 18.0. The van der Waals surface area contributed by atoms with Gasteiger partial charge >= 0.3 is 0 Å². The van der Waals surface area contributed by atoms with Crippen LogP contribution in [-0.4, -0.2) is 66.3 Å². The number of aromatic nitrogens is 2. The van der Waals surface area contributed by atoms with Crippen LogP contribution in [0.15, 0.2) is 36.7 Å². The molecule has 0 aliphatic carbocycles. The van der Waals surface area contributed by atoms with Crippen molar-refractivity contribution in [3.63, 3.8) is 0 Å². The van der Waals surface area contributed by atoms with Crippen molar-refractivity contribution in [1.29, 1.82) is 0 Å². The van der Waals surface area contributed by atoms with Crippen molar-refractivity contribution >= 4 is 23.3 Å². The van der Waals surface area contributed by atoms with E-state index in [1.165, 1.54) is 6.20 Å². The van der Waals surface area contributed by atoms with Crippen LogP contribution in [0.25, 0.3) is 0 Å².